The predicted octanol–water partition coefficient (Wildman–Crippen LogP) is 1.40. The molecule has 0 unspecified atom stereocenters. The van der Waals surface area contributed by atoms with Crippen molar-refractivity contribution in [3.05, 3.63) is 0 Å². The topological polar surface area (TPSA) is 52.7 Å². The van der Waals surface area contributed by atoms with Gasteiger partial charge in [0.25, 0.3) is 5.91 Å². The van der Waals surface area contributed by atoms with Crippen molar-refractivity contribution in [1.82, 2.24) is 15.1 Å². The second-order valence-corrected chi connectivity index (χ2v) is 5.50. The summed E-state index contributed by atoms with van der Waals surface area (Å²) in [6.07, 6.45) is 3.95. The molecule has 3 amide bonds. The van der Waals surface area contributed by atoms with Crippen LogP contribution in [-0.2, 0) is 4.79 Å². The zero-order valence-electron chi connectivity index (χ0n) is 11.3. The van der Waals surface area contributed by atoms with Gasteiger partial charge in [0.15, 0.2) is 0 Å². The first-order chi connectivity index (χ1) is 8.61. The van der Waals surface area contributed by atoms with Crippen LogP contribution in [-0.4, -0.2) is 47.5 Å². The number of rotatable bonds is 4. The van der Waals surface area contributed by atoms with E-state index in [9.17, 15) is 9.59 Å². The van der Waals surface area contributed by atoms with Gasteiger partial charge in [0.05, 0.1) is 6.67 Å². The summed E-state index contributed by atoms with van der Waals surface area (Å²) in [6, 6.07) is -0.525. The second-order valence-electron chi connectivity index (χ2n) is 5.50. The highest BCUT2D eigenvalue weighted by atomic mass is 16.2. The fraction of sp³-hybridized carbons (Fsp3) is 0.846. The van der Waals surface area contributed by atoms with E-state index in [-0.39, 0.29) is 18.0 Å². The van der Waals surface area contributed by atoms with Crippen LogP contribution in [0.15, 0.2) is 0 Å². The SMILES string of the molecule is CCC[C@H]1NC(=O)N(CN2CCC(C)CC2)C1=O. The number of hydrogen-bond acceptors (Lipinski definition) is 3. The molecule has 1 atom stereocenters. The van der Waals surface area contributed by atoms with E-state index in [0.717, 1.165) is 44.7 Å². The standard InChI is InChI=1S/C13H23N3O2/c1-3-4-11-12(17)16(13(18)14-11)9-15-7-5-10(2)6-8-15/h10-11H,3-9H2,1-2H3,(H,14,18)/t11-/m1/s1. The number of hydrogen-bond donors (Lipinski definition) is 1. The number of piperidine rings is 1. The molecule has 2 aliphatic rings. The van der Waals surface area contributed by atoms with Gasteiger partial charge in [0.2, 0.25) is 0 Å². The summed E-state index contributed by atoms with van der Waals surface area (Å²) < 4.78 is 0. The molecule has 0 aromatic heterocycles. The van der Waals surface area contributed by atoms with Gasteiger partial charge in [-0.3, -0.25) is 9.69 Å². The molecule has 0 radical (unpaired) electrons. The van der Waals surface area contributed by atoms with E-state index in [1.165, 1.54) is 4.90 Å². The fourth-order valence-electron chi connectivity index (χ4n) is 2.60. The van der Waals surface area contributed by atoms with E-state index in [1.807, 2.05) is 6.92 Å². The van der Waals surface area contributed by atoms with E-state index in [1.54, 1.807) is 0 Å². The number of nitrogens with zero attached hydrogens (tertiary/aromatic N) is 2. The maximum Gasteiger partial charge on any atom is 0.325 e. The Hall–Kier alpha value is -1.10. The first-order valence-corrected chi connectivity index (χ1v) is 6.96. The molecular formula is C13H23N3O2. The Kier molecular flexibility index (Phi) is 4.22. The van der Waals surface area contributed by atoms with Gasteiger partial charge in [-0.2, -0.15) is 0 Å². The molecule has 5 heteroatoms. The third kappa shape index (κ3) is 2.83. The Morgan fingerprint density at radius 1 is 1.28 bits per heavy atom. The molecule has 0 saturated carbocycles. The highest BCUT2D eigenvalue weighted by Gasteiger charge is 2.38. The van der Waals surface area contributed by atoms with Crippen LogP contribution >= 0.6 is 0 Å². The Labute approximate surface area is 108 Å². The minimum absolute atomic E-state index is 0.0551. The lowest BCUT2D eigenvalue weighted by Crippen LogP contribution is -2.45. The van der Waals surface area contributed by atoms with E-state index < -0.39 is 0 Å². The quantitative estimate of drug-likeness (QED) is 0.770. The Balaban J connectivity index is 1.89. The van der Waals surface area contributed by atoms with Gasteiger partial charge in [-0.15, -0.1) is 0 Å². The summed E-state index contributed by atoms with van der Waals surface area (Å²) in [7, 11) is 0. The lowest BCUT2D eigenvalue weighted by Gasteiger charge is -2.32. The lowest BCUT2D eigenvalue weighted by molar-refractivity contribution is -0.129. The van der Waals surface area contributed by atoms with E-state index in [0.29, 0.717) is 6.67 Å². The third-order valence-electron chi connectivity index (χ3n) is 3.90. The van der Waals surface area contributed by atoms with E-state index in [4.69, 9.17) is 0 Å². The number of nitrogens with one attached hydrogen (secondary N) is 1. The maximum absolute atomic E-state index is 12.1. The summed E-state index contributed by atoms with van der Waals surface area (Å²) >= 11 is 0. The average Bonchev–Trinajstić information content (AvgIpc) is 2.60. The van der Waals surface area contributed by atoms with Crippen LogP contribution in [0.5, 0.6) is 0 Å². The summed E-state index contributed by atoms with van der Waals surface area (Å²) in [4.78, 5) is 27.4. The van der Waals surface area contributed by atoms with Gasteiger partial charge < -0.3 is 5.32 Å². The highest BCUT2D eigenvalue weighted by molar-refractivity contribution is 6.04. The molecule has 2 rings (SSSR count). The molecule has 2 aliphatic heterocycles. The van der Waals surface area contributed by atoms with Crippen LogP contribution in [0.3, 0.4) is 0 Å². The maximum atomic E-state index is 12.1. The van der Waals surface area contributed by atoms with E-state index >= 15 is 0 Å². The molecule has 1 N–H and O–H groups in total. The number of carbonyl (C=O) groups is 2. The molecule has 102 valence electrons. The molecule has 2 saturated heterocycles. The van der Waals surface area contributed by atoms with Gasteiger partial charge in [-0.25, -0.2) is 9.69 Å². The smallest absolute Gasteiger partial charge is 0.325 e. The van der Waals surface area contributed by atoms with Gasteiger partial charge in [-0.1, -0.05) is 20.3 Å². The van der Waals surface area contributed by atoms with Crippen molar-refractivity contribution in [3.63, 3.8) is 0 Å². The zero-order valence-corrected chi connectivity index (χ0v) is 11.3. The van der Waals surface area contributed by atoms with Crippen LogP contribution in [0.2, 0.25) is 0 Å². The number of imide groups is 1. The van der Waals surface area contributed by atoms with Crippen LogP contribution in [0.25, 0.3) is 0 Å². The molecule has 0 spiro atoms. The normalized spacial score (nSPS) is 26.8. The van der Waals surface area contributed by atoms with Crippen molar-refractivity contribution in [1.29, 1.82) is 0 Å². The number of likely N-dealkylation sites (tertiary alicyclic amines) is 1. The average molecular weight is 253 g/mol. The van der Waals surface area contributed by atoms with Crippen molar-refractivity contribution in [2.75, 3.05) is 19.8 Å². The van der Waals surface area contributed by atoms with Crippen LogP contribution in [0, 0.1) is 5.92 Å². The van der Waals surface area contributed by atoms with Crippen molar-refractivity contribution < 1.29 is 9.59 Å². The molecule has 5 nitrogen and oxygen atoms in total. The predicted molar refractivity (Wildman–Crippen MR) is 68.9 cm³/mol. The molecule has 0 aromatic carbocycles. The van der Waals surface area contributed by atoms with Gasteiger partial charge >= 0.3 is 6.03 Å². The van der Waals surface area contributed by atoms with Crippen molar-refractivity contribution in [2.45, 2.75) is 45.6 Å². The van der Waals surface area contributed by atoms with Gasteiger partial charge in [-0.05, 0) is 25.2 Å². The molecule has 0 aromatic rings. The lowest BCUT2D eigenvalue weighted by atomic mass is 10.00. The number of amides is 3. The van der Waals surface area contributed by atoms with Crippen LogP contribution in [0.1, 0.15) is 39.5 Å². The zero-order chi connectivity index (χ0) is 13.1. The summed E-state index contributed by atoms with van der Waals surface area (Å²) in [5.41, 5.74) is 0. The van der Waals surface area contributed by atoms with Gasteiger partial charge in [0, 0.05) is 13.1 Å². The Morgan fingerprint density at radius 3 is 2.56 bits per heavy atom. The number of urea groups is 1. The molecular weight excluding hydrogens is 230 g/mol. The van der Waals surface area contributed by atoms with Crippen molar-refractivity contribution in [2.24, 2.45) is 5.92 Å². The minimum Gasteiger partial charge on any atom is -0.326 e. The molecule has 0 bridgehead atoms. The van der Waals surface area contributed by atoms with Crippen LogP contribution in [0.4, 0.5) is 4.79 Å². The molecule has 2 heterocycles. The highest BCUT2D eigenvalue weighted by Crippen LogP contribution is 2.18. The summed E-state index contributed by atoms with van der Waals surface area (Å²) in [5.74, 6) is 0.706. The monoisotopic (exact) mass is 253 g/mol. The summed E-state index contributed by atoms with van der Waals surface area (Å²) in [5, 5.41) is 2.76. The molecule has 0 aliphatic carbocycles. The van der Waals surface area contributed by atoms with Crippen LogP contribution < -0.4 is 5.32 Å². The van der Waals surface area contributed by atoms with Crippen molar-refractivity contribution in [3.8, 4) is 0 Å². The second kappa shape index (κ2) is 5.69. The first-order valence-electron chi connectivity index (χ1n) is 6.96. The Bertz CT molecular complexity index is 324. The third-order valence-corrected chi connectivity index (χ3v) is 3.90. The minimum atomic E-state index is -0.300. The summed E-state index contributed by atoms with van der Waals surface area (Å²) in [6.45, 7) is 6.70. The molecule has 18 heavy (non-hydrogen) atoms. The fourth-order valence-corrected chi connectivity index (χ4v) is 2.60. The van der Waals surface area contributed by atoms with Crippen molar-refractivity contribution >= 4 is 11.9 Å². The molecule has 2 fully saturated rings. The largest absolute Gasteiger partial charge is 0.326 e. The first kappa shape index (κ1) is 13.3. The van der Waals surface area contributed by atoms with E-state index in [2.05, 4.69) is 17.1 Å². The Morgan fingerprint density at radius 2 is 1.94 bits per heavy atom. The number of carbonyl (C=O) groups excluding carboxylic acids is 2. The van der Waals surface area contributed by atoms with Gasteiger partial charge in [0.1, 0.15) is 6.04 Å².